The van der Waals surface area contributed by atoms with Gasteiger partial charge in [0.25, 0.3) is 5.91 Å². The van der Waals surface area contributed by atoms with Crippen LogP contribution < -0.4 is 5.32 Å². The van der Waals surface area contributed by atoms with Crippen LogP contribution in [0.5, 0.6) is 0 Å². The van der Waals surface area contributed by atoms with Gasteiger partial charge in [0.05, 0.1) is 6.61 Å². The Kier molecular flexibility index (Phi) is 6.11. The average molecular weight is 259 g/mol. The summed E-state index contributed by atoms with van der Waals surface area (Å²) in [6, 6.07) is 5.70. The Morgan fingerprint density at radius 3 is 2.84 bits per heavy atom. The second-order valence-electron chi connectivity index (χ2n) is 4.54. The summed E-state index contributed by atoms with van der Waals surface area (Å²) in [7, 11) is 0. The van der Waals surface area contributed by atoms with Gasteiger partial charge in [-0.3, -0.25) is 4.79 Å². The van der Waals surface area contributed by atoms with Gasteiger partial charge in [-0.05, 0) is 38.0 Å². The molecule has 2 N–H and O–H groups in total. The first-order chi connectivity index (χ1) is 9.10. The van der Waals surface area contributed by atoms with E-state index in [2.05, 4.69) is 17.2 Å². The second-order valence-corrected chi connectivity index (χ2v) is 4.54. The van der Waals surface area contributed by atoms with Crippen molar-refractivity contribution in [3.8, 4) is 11.8 Å². The quantitative estimate of drug-likeness (QED) is 0.815. The molecule has 0 aliphatic carbocycles. The molecule has 0 bridgehead atoms. The number of carbonyl (C=O) groups excluding carboxylic acids is 1. The minimum absolute atomic E-state index is 0.0558. The Morgan fingerprint density at radius 1 is 1.47 bits per heavy atom. The molecule has 102 valence electrons. The van der Waals surface area contributed by atoms with Gasteiger partial charge in [-0.15, -0.1) is 0 Å². The first kappa shape index (κ1) is 15.3. The summed E-state index contributed by atoms with van der Waals surface area (Å²) in [4.78, 5) is 12.1. The van der Waals surface area contributed by atoms with Crippen LogP contribution in [0, 0.1) is 18.8 Å². The fraction of sp³-hybridized carbons (Fsp3) is 0.438. The van der Waals surface area contributed by atoms with E-state index in [0.717, 1.165) is 17.5 Å². The molecular weight excluding hydrogens is 238 g/mol. The summed E-state index contributed by atoms with van der Waals surface area (Å²) in [6.07, 6.45) is 1.35. The summed E-state index contributed by atoms with van der Waals surface area (Å²) in [5, 5.41) is 11.7. The largest absolute Gasteiger partial charge is 0.395 e. The van der Waals surface area contributed by atoms with Crippen molar-refractivity contribution < 1.29 is 9.90 Å². The number of benzene rings is 1. The molecule has 0 saturated carbocycles. The highest BCUT2D eigenvalue weighted by Gasteiger charge is 2.12. The van der Waals surface area contributed by atoms with E-state index in [1.807, 2.05) is 39.0 Å². The van der Waals surface area contributed by atoms with Gasteiger partial charge in [-0.2, -0.15) is 0 Å². The third-order valence-electron chi connectivity index (χ3n) is 3.03. The van der Waals surface area contributed by atoms with E-state index in [1.165, 1.54) is 0 Å². The lowest BCUT2D eigenvalue weighted by Gasteiger charge is -2.13. The van der Waals surface area contributed by atoms with Crippen LogP contribution in [0.1, 0.15) is 48.2 Å². The Hall–Kier alpha value is -1.79. The Bertz CT molecular complexity index is 497. The Labute approximate surface area is 115 Å². The fourth-order valence-electron chi connectivity index (χ4n) is 1.63. The molecule has 0 aromatic heterocycles. The molecule has 19 heavy (non-hydrogen) atoms. The average Bonchev–Trinajstić information content (AvgIpc) is 2.40. The van der Waals surface area contributed by atoms with Crippen molar-refractivity contribution >= 4 is 5.91 Å². The summed E-state index contributed by atoms with van der Waals surface area (Å²) < 4.78 is 0. The van der Waals surface area contributed by atoms with Gasteiger partial charge < -0.3 is 10.4 Å². The molecule has 0 spiro atoms. The summed E-state index contributed by atoms with van der Waals surface area (Å²) in [6.45, 7) is 5.97. The zero-order valence-electron chi connectivity index (χ0n) is 11.8. The molecule has 1 atom stereocenters. The molecule has 1 unspecified atom stereocenters. The molecule has 0 saturated heterocycles. The first-order valence-corrected chi connectivity index (χ1v) is 6.60. The molecule has 1 rings (SSSR count). The number of hydrogen-bond acceptors (Lipinski definition) is 2. The zero-order chi connectivity index (χ0) is 14.3. The standard InChI is InChI=1S/C16H21NO2/c1-4-12(2)17-16(19)15-10-7-9-14(13(15)3)8-5-6-11-18/h7,9-10,12,18H,4,6,11H2,1-3H3,(H,17,19). The molecule has 0 heterocycles. The predicted molar refractivity (Wildman–Crippen MR) is 77.0 cm³/mol. The van der Waals surface area contributed by atoms with Crippen molar-refractivity contribution in [2.45, 2.75) is 39.7 Å². The fourth-order valence-corrected chi connectivity index (χ4v) is 1.63. The molecule has 1 aromatic carbocycles. The predicted octanol–water partition coefficient (Wildman–Crippen LogP) is 2.26. The second kappa shape index (κ2) is 7.60. The number of nitrogens with one attached hydrogen (secondary N) is 1. The van der Waals surface area contributed by atoms with Crippen molar-refractivity contribution in [1.82, 2.24) is 5.32 Å². The maximum absolute atomic E-state index is 12.1. The van der Waals surface area contributed by atoms with Crippen LogP contribution in [0.25, 0.3) is 0 Å². The maximum Gasteiger partial charge on any atom is 0.251 e. The van der Waals surface area contributed by atoms with Gasteiger partial charge in [0, 0.05) is 23.6 Å². The normalized spacial score (nSPS) is 11.4. The van der Waals surface area contributed by atoms with Crippen LogP contribution >= 0.6 is 0 Å². The number of aliphatic hydroxyl groups is 1. The van der Waals surface area contributed by atoms with E-state index in [9.17, 15) is 4.79 Å². The van der Waals surface area contributed by atoms with Crippen LogP contribution in [0.4, 0.5) is 0 Å². The van der Waals surface area contributed by atoms with Crippen LogP contribution in [-0.2, 0) is 0 Å². The van der Waals surface area contributed by atoms with E-state index in [-0.39, 0.29) is 18.6 Å². The van der Waals surface area contributed by atoms with Crippen molar-refractivity contribution in [3.05, 3.63) is 34.9 Å². The van der Waals surface area contributed by atoms with Gasteiger partial charge in [0.1, 0.15) is 0 Å². The minimum atomic E-state index is -0.0577. The highest BCUT2D eigenvalue weighted by atomic mass is 16.2. The number of hydrogen-bond donors (Lipinski definition) is 2. The van der Waals surface area contributed by atoms with Gasteiger partial charge in [0.15, 0.2) is 0 Å². The van der Waals surface area contributed by atoms with Gasteiger partial charge in [-0.1, -0.05) is 24.8 Å². The van der Waals surface area contributed by atoms with Crippen molar-refractivity contribution in [1.29, 1.82) is 0 Å². The van der Waals surface area contributed by atoms with Crippen LogP contribution in [0.2, 0.25) is 0 Å². The third kappa shape index (κ3) is 4.42. The molecule has 0 fully saturated rings. The molecular formula is C16H21NO2. The van der Waals surface area contributed by atoms with E-state index in [1.54, 1.807) is 0 Å². The monoisotopic (exact) mass is 259 g/mol. The lowest BCUT2D eigenvalue weighted by molar-refractivity contribution is 0.0938. The zero-order valence-corrected chi connectivity index (χ0v) is 11.8. The van der Waals surface area contributed by atoms with Gasteiger partial charge >= 0.3 is 0 Å². The Morgan fingerprint density at radius 2 is 2.21 bits per heavy atom. The van der Waals surface area contributed by atoms with E-state index in [4.69, 9.17) is 5.11 Å². The molecule has 0 aliphatic heterocycles. The third-order valence-corrected chi connectivity index (χ3v) is 3.03. The first-order valence-electron chi connectivity index (χ1n) is 6.60. The molecule has 3 heteroatoms. The summed E-state index contributed by atoms with van der Waals surface area (Å²) in [5.74, 6) is 5.81. The lowest BCUT2D eigenvalue weighted by Crippen LogP contribution is -2.32. The molecule has 1 aromatic rings. The lowest BCUT2D eigenvalue weighted by atomic mass is 10.0. The van der Waals surface area contributed by atoms with E-state index in [0.29, 0.717) is 12.0 Å². The van der Waals surface area contributed by atoms with Crippen LogP contribution in [0.3, 0.4) is 0 Å². The molecule has 0 radical (unpaired) electrons. The van der Waals surface area contributed by atoms with E-state index >= 15 is 0 Å². The minimum Gasteiger partial charge on any atom is -0.395 e. The number of carbonyl (C=O) groups is 1. The van der Waals surface area contributed by atoms with Crippen molar-refractivity contribution in [3.63, 3.8) is 0 Å². The smallest absolute Gasteiger partial charge is 0.251 e. The molecule has 1 amide bonds. The van der Waals surface area contributed by atoms with Crippen LogP contribution in [0.15, 0.2) is 18.2 Å². The maximum atomic E-state index is 12.1. The van der Waals surface area contributed by atoms with Gasteiger partial charge in [0.2, 0.25) is 0 Å². The highest BCUT2D eigenvalue weighted by Crippen LogP contribution is 2.13. The number of rotatable bonds is 4. The van der Waals surface area contributed by atoms with Crippen molar-refractivity contribution in [2.75, 3.05) is 6.61 Å². The van der Waals surface area contributed by atoms with Crippen LogP contribution in [-0.4, -0.2) is 23.7 Å². The van der Waals surface area contributed by atoms with E-state index < -0.39 is 0 Å². The molecule has 0 aliphatic rings. The van der Waals surface area contributed by atoms with Gasteiger partial charge in [-0.25, -0.2) is 0 Å². The SMILES string of the molecule is CCC(C)NC(=O)c1cccc(C#CCCO)c1C. The highest BCUT2D eigenvalue weighted by molar-refractivity contribution is 5.96. The van der Waals surface area contributed by atoms with Crippen molar-refractivity contribution in [2.24, 2.45) is 0 Å². The number of aliphatic hydroxyl groups excluding tert-OH is 1. The number of amides is 1. The summed E-state index contributed by atoms with van der Waals surface area (Å²) >= 11 is 0. The summed E-state index contributed by atoms with van der Waals surface area (Å²) in [5.41, 5.74) is 2.38. The Balaban J connectivity index is 2.95. The molecule has 3 nitrogen and oxygen atoms in total. The topological polar surface area (TPSA) is 49.3 Å².